The first-order chi connectivity index (χ1) is 12.6. The van der Waals surface area contributed by atoms with Gasteiger partial charge in [0.05, 0.1) is 6.54 Å². The lowest BCUT2D eigenvalue weighted by molar-refractivity contribution is -0.127. The van der Waals surface area contributed by atoms with Crippen LogP contribution in [-0.4, -0.2) is 64.5 Å². The number of nitrogens with zero attached hydrogens (tertiary/aromatic N) is 5. The molecule has 0 bridgehead atoms. The van der Waals surface area contributed by atoms with Crippen LogP contribution in [0.5, 0.6) is 0 Å². The first-order valence-electron chi connectivity index (χ1n) is 8.29. The highest BCUT2D eigenvalue weighted by Gasteiger charge is 2.07. The fourth-order valence-corrected chi connectivity index (χ4v) is 2.75. The highest BCUT2D eigenvalue weighted by Crippen LogP contribution is 2.15. The largest absolute Gasteiger partial charge is 0.356 e. The van der Waals surface area contributed by atoms with Crippen molar-refractivity contribution >= 4 is 47.6 Å². The monoisotopic (exact) mass is 503 g/mol. The minimum Gasteiger partial charge on any atom is -0.356 e. The lowest BCUT2D eigenvalue weighted by atomic mass is 10.4. The highest BCUT2D eigenvalue weighted by atomic mass is 127. The Bertz CT molecular complexity index is 721. The van der Waals surface area contributed by atoms with Crippen molar-refractivity contribution in [3.63, 3.8) is 0 Å². The van der Waals surface area contributed by atoms with Crippen molar-refractivity contribution < 1.29 is 4.79 Å². The lowest BCUT2D eigenvalue weighted by Crippen LogP contribution is -2.43. The maximum Gasteiger partial charge on any atom is 0.241 e. The molecule has 8 nitrogen and oxygen atoms in total. The van der Waals surface area contributed by atoms with Crippen LogP contribution in [0.15, 0.2) is 46.5 Å². The number of amides is 1. The van der Waals surface area contributed by atoms with E-state index in [1.807, 2.05) is 25.2 Å². The van der Waals surface area contributed by atoms with Crippen molar-refractivity contribution in [2.75, 3.05) is 32.9 Å². The zero-order valence-corrected chi connectivity index (χ0v) is 18.9. The molecule has 0 fully saturated rings. The summed E-state index contributed by atoms with van der Waals surface area (Å²) in [6.07, 6.45) is 1.50. The van der Waals surface area contributed by atoms with E-state index in [9.17, 15) is 4.79 Å². The second-order valence-corrected chi connectivity index (χ2v) is 6.86. The fraction of sp³-hybridized carbons (Fsp3) is 0.412. The third-order valence-corrected chi connectivity index (χ3v) is 4.51. The number of likely N-dealkylation sites (N-methyl/N-ethyl adjacent to an activating group) is 1. The summed E-state index contributed by atoms with van der Waals surface area (Å²) in [6.45, 7) is 1.29. The number of guanidine groups is 1. The fourth-order valence-electron chi connectivity index (χ4n) is 1.96. The molecule has 10 heteroatoms. The van der Waals surface area contributed by atoms with Crippen molar-refractivity contribution in [2.24, 2.45) is 12.0 Å². The molecular weight excluding hydrogens is 477 g/mol. The number of benzene rings is 1. The molecule has 27 heavy (non-hydrogen) atoms. The summed E-state index contributed by atoms with van der Waals surface area (Å²) in [4.78, 5) is 23.2. The molecular formula is C17H26IN7OS. The van der Waals surface area contributed by atoms with Crippen LogP contribution in [-0.2, 0) is 18.4 Å². The van der Waals surface area contributed by atoms with Gasteiger partial charge in [-0.2, -0.15) is 5.10 Å². The first kappa shape index (κ1) is 23.2. The van der Waals surface area contributed by atoms with Crippen LogP contribution in [0, 0.1) is 0 Å². The van der Waals surface area contributed by atoms with Gasteiger partial charge in [0.1, 0.15) is 18.7 Å². The van der Waals surface area contributed by atoms with Gasteiger partial charge in [0.25, 0.3) is 0 Å². The Labute approximate surface area is 181 Å². The summed E-state index contributed by atoms with van der Waals surface area (Å²) in [5.74, 6) is 2.20. The number of carbonyl (C=O) groups excluding carboxylic acids is 1. The van der Waals surface area contributed by atoms with Crippen LogP contribution in [0.25, 0.3) is 0 Å². The molecule has 0 aliphatic rings. The molecule has 2 rings (SSSR count). The maximum absolute atomic E-state index is 11.8. The molecule has 0 saturated heterocycles. The predicted molar refractivity (Wildman–Crippen MR) is 119 cm³/mol. The zero-order valence-electron chi connectivity index (χ0n) is 15.8. The molecule has 1 amide bonds. The van der Waals surface area contributed by atoms with E-state index in [1.54, 1.807) is 35.4 Å². The Hall–Kier alpha value is -1.82. The van der Waals surface area contributed by atoms with E-state index >= 15 is 0 Å². The van der Waals surface area contributed by atoms with Gasteiger partial charge in [-0.1, -0.05) is 18.2 Å². The number of aliphatic imine (C=N–C) groups is 1. The van der Waals surface area contributed by atoms with E-state index < -0.39 is 0 Å². The van der Waals surface area contributed by atoms with Crippen molar-refractivity contribution in [1.82, 2.24) is 30.3 Å². The predicted octanol–water partition coefficient (Wildman–Crippen LogP) is 1.35. The Morgan fingerprint density at radius 2 is 2.00 bits per heavy atom. The minimum absolute atomic E-state index is 0. The standard InChI is InChI=1S/C17H25N7OS.HI/c1-23(2)16(25)12-20-17(19-11-15-21-13-22-24(15)3)18-9-10-26-14-7-5-4-6-8-14;/h4-8,13H,9-12H2,1-3H3,(H2,18,19,20);1H. The number of rotatable bonds is 8. The second kappa shape index (κ2) is 12.5. The number of nitrogens with one attached hydrogen (secondary N) is 2. The van der Waals surface area contributed by atoms with Crippen LogP contribution in [0.4, 0.5) is 0 Å². The maximum atomic E-state index is 11.8. The Morgan fingerprint density at radius 1 is 1.26 bits per heavy atom. The third-order valence-electron chi connectivity index (χ3n) is 3.50. The highest BCUT2D eigenvalue weighted by molar-refractivity contribution is 14.0. The summed E-state index contributed by atoms with van der Waals surface area (Å²) in [6, 6.07) is 10.2. The van der Waals surface area contributed by atoms with Crippen LogP contribution in [0.2, 0.25) is 0 Å². The Kier molecular flexibility index (Phi) is 10.8. The van der Waals surface area contributed by atoms with E-state index in [1.165, 1.54) is 11.2 Å². The van der Waals surface area contributed by atoms with Gasteiger partial charge in [0.15, 0.2) is 5.96 Å². The summed E-state index contributed by atoms with van der Waals surface area (Å²) in [7, 11) is 5.28. The number of aryl methyl sites for hydroxylation is 1. The Morgan fingerprint density at radius 3 is 2.63 bits per heavy atom. The topological polar surface area (TPSA) is 87.4 Å². The number of aromatic nitrogens is 3. The molecule has 0 saturated carbocycles. The molecule has 0 radical (unpaired) electrons. The van der Waals surface area contributed by atoms with Gasteiger partial charge >= 0.3 is 0 Å². The molecule has 148 valence electrons. The van der Waals surface area contributed by atoms with E-state index in [4.69, 9.17) is 0 Å². The van der Waals surface area contributed by atoms with Gasteiger partial charge in [0, 0.05) is 38.3 Å². The number of hydrogen-bond donors (Lipinski definition) is 2. The number of halogens is 1. The minimum atomic E-state index is -0.0168. The van der Waals surface area contributed by atoms with Crippen molar-refractivity contribution in [3.05, 3.63) is 42.5 Å². The van der Waals surface area contributed by atoms with E-state index in [-0.39, 0.29) is 36.4 Å². The van der Waals surface area contributed by atoms with E-state index in [0.717, 1.165) is 18.1 Å². The molecule has 0 aliphatic heterocycles. The van der Waals surface area contributed by atoms with Gasteiger partial charge in [0.2, 0.25) is 5.91 Å². The van der Waals surface area contributed by atoms with Gasteiger partial charge in [-0.3, -0.25) is 9.48 Å². The van der Waals surface area contributed by atoms with Crippen molar-refractivity contribution in [2.45, 2.75) is 11.4 Å². The zero-order chi connectivity index (χ0) is 18.8. The third kappa shape index (κ3) is 8.61. The summed E-state index contributed by atoms with van der Waals surface area (Å²) in [5.41, 5.74) is 0. The molecule has 1 heterocycles. The van der Waals surface area contributed by atoms with E-state index in [0.29, 0.717) is 12.5 Å². The molecule has 0 atom stereocenters. The van der Waals surface area contributed by atoms with Gasteiger partial charge in [-0.15, -0.1) is 35.7 Å². The van der Waals surface area contributed by atoms with E-state index in [2.05, 4.69) is 37.8 Å². The first-order valence-corrected chi connectivity index (χ1v) is 9.28. The van der Waals surface area contributed by atoms with Crippen LogP contribution < -0.4 is 10.6 Å². The van der Waals surface area contributed by atoms with Crippen molar-refractivity contribution in [1.29, 1.82) is 0 Å². The van der Waals surface area contributed by atoms with Crippen LogP contribution in [0.3, 0.4) is 0 Å². The van der Waals surface area contributed by atoms with Gasteiger partial charge in [-0.05, 0) is 12.1 Å². The molecule has 0 aliphatic carbocycles. The van der Waals surface area contributed by atoms with Gasteiger partial charge in [-0.25, -0.2) is 9.98 Å². The number of carbonyl (C=O) groups is 1. The average molecular weight is 503 g/mol. The average Bonchev–Trinajstić information content (AvgIpc) is 3.05. The molecule has 2 aromatic rings. The van der Waals surface area contributed by atoms with Crippen molar-refractivity contribution in [3.8, 4) is 0 Å². The molecule has 2 N–H and O–H groups in total. The lowest BCUT2D eigenvalue weighted by Gasteiger charge is -2.15. The molecule has 1 aromatic carbocycles. The molecule has 0 unspecified atom stereocenters. The summed E-state index contributed by atoms with van der Waals surface area (Å²) >= 11 is 1.76. The van der Waals surface area contributed by atoms with Crippen LogP contribution >= 0.6 is 35.7 Å². The van der Waals surface area contributed by atoms with Gasteiger partial charge < -0.3 is 15.5 Å². The molecule has 0 spiro atoms. The summed E-state index contributed by atoms with van der Waals surface area (Å²) < 4.78 is 1.68. The SMILES string of the molecule is CN(C)C(=O)CNC(=NCc1ncnn1C)NCCSc1ccccc1.I. The van der Waals surface area contributed by atoms with Crippen LogP contribution in [0.1, 0.15) is 5.82 Å². The second-order valence-electron chi connectivity index (χ2n) is 5.69. The normalized spacial score (nSPS) is 10.9. The summed E-state index contributed by atoms with van der Waals surface area (Å²) in [5, 5.41) is 10.4. The quantitative estimate of drug-likeness (QED) is 0.186. The number of hydrogen-bond acceptors (Lipinski definition) is 5. The number of thioether (sulfide) groups is 1. The Balaban J connectivity index is 0.00000364. The molecule has 1 aromatic heterocycles. The smallest absolute Gasteiger partial charge is 0.241 e.